The molecular weight excluding hydrogens is 256 g/mol. The number of carbonyl (C=O) groups is 1. The van der Waals surface area contributed by atoms with E-state index in [1.165, 1.54) is 0 Å². The first-order valence-corrected chi connectivity index (χ1v) is 6.59. The Morgan fingerprint density at radius 3 is 2.60 bits per heavy atom. The van der Waals surface area contributed by atoms with Gasteiger partial charge in [0.2, 0.25) is 0 Å². The summed E-state index contributed by atoms with van der Waals surface area (Å²) in [6.45, 7) is -0.104. The molecule has 0 bridgehead atoms. The molecule has 108 valence electrons. The number of anilines is 1. The summed E-state index contributed by atoms with van der Waals surface area (Å²) < 4.78 is 0. The lowest BCUT2D eigenvalue weighted by atomic mass is 10.2. The van der Waals surface area contributed by atoms with Crippen molar-refractivity contribution < 1.29 is 9.63 Å². The Hall–Kier alpha value is -2.24. The second-order valence-electron chi connectivity index (χ2n) is 5.03. The van der Waals surface area contributed by atoms with E-state index in [-0.39, 0.29) is 18.3 Å². The van der Waals surface area contributed by atoms with Crippen LogP contribution in [0.4, 0.5) is 5.69 Å². The molecule has 20 heavy (non-hydrogen) atoms. The topological polar surface area (TPSA) is 79.9 Å². The van der Waals surface area contributed by atoms with Crippen molar-refractivity contribution in [1.29, 1.82) is 0 Å². The Labute approximate surface area is 118 Å². The SMILES string of the molecule is CN(C)c1ccc(C(N)=NOCC(=O)NC2CC2)cc1. The Morgan fingerprint density at radius 2 is 2.05 bits per heavy atom. The smallest absolute Gasteiger partial charge is 0.260 e. The van der Waals surface area contributed by atoms with E-state index in [1.54, 1.807) is 0 Å². The molecule has 0 atom stereocenters. The number of amidine groups is 1. The fourth-order valence-electron chi connectivity index (χ4n) is 1.64. The Morgan fingerprint density at radius 1 is 1.40 bits per heavy atom. The number of amides is 1. The zero-order valence-corrected chi connectivity index (χ0v) is 11.8. The summed E-state index contributed by atoms with van der Waals surface area (Å²) >= 11 is 0. The van der Waals surface area contributed by atoms with E-state index >= 15 is 0 Å². The third-order valence-corrected chi connectivity index (χ3v) is 2.98. The largest absolute Gasteiger partial charge is 0.384 e. The molecule has 0 unspecified atom stereocenters. The predicted octanol–water partition coefficient (Wildman–Crippen LogP) is 0.668. The zero-order valence-electron chi connectivity index (χ0n) is 11.8. The number of hydrogen-bond acceptors (Lipinski definition) is 4. The number of carbonyl (C=O) groups excluding carboxylic acids is 1. The highest BCUT2D eigenvalue weighted by Gasteiger charge is 2.23. The fourth-order valence-corrected chi connectivity index (χ4v) is 1.64. The normalized spacial score (nSPS) is 14.8. The highest BCUT2D eigenvalue weighted by molar-refractivity contribution is 5.97. The first-order valence-electron chi connectivity index (χ1n) is 6.59. The van der Waals surface area contributed by atoms with Crippen LogP contribution in [0, 0.1) is 0 Å². The minimum Gasteiger partial charge on any atom is -0.384 e. The third kappa shape index (κ3) is 4.15. The predicted molar refractivity (Wildman–Crippen MR) is 78.6 cm³/mol. The molecule has 3 N–H and O–H groups in total. The standard InChI is InChI=1S/C14H20N4O2/c1-18(2)12-7-3-10(4-8-12)14(15)17-20-9-13(19)16-11-5-6-11/h3-4,7-8,11H,5-6,9H2,1-2H3,(H2,15,17)(H,16,19). The number of benzene rings is 1. The molecule has 1 saturated carbocycles. The summed E-state index contributed by atoms with van der Waals surface area (Å²) in [6.07, 6.45) is 2.10. The zero-order chi connectivity index (χ0) is 14.5. The summed E-state index contributed by atoms with van der Waals surface area (Å²) in [5, 5.41) is 6.56. The quantitative estimate of drug-likeness (QED) is 0.454. The van der Waals surface area contributed by atoms with Gasteiger partial charge in [0, 0.05) is 31.4 Å². The van der Waals surface area contributed by atoms with Crippen LogP contribution in [0.3, 0.4) is 0 Å². The number of nitrogens with zero attached hydrogens (tertiary/aromatic N) is 2. The molecule has 1 amide bonds. The van der Waals surface area contributed by atoms with Crippen LogP contribution >= 0.6 is 0 Å². The lowest BCUT2D eigenvalue weighted by Crippen LogP contribution is -2.29. The number of nitrogens with one attached hydrogen (secondary N) is 1. The highest BCUT2D eigenvalue weighted by atomic mass is 16.6. The molecule has 1 aliphatic carbocycles. The molecule has 6 nitrogen and oxygen atoms in total. The molecule has 0 aliphatic heterocycles. The van der Waals surface area contributed by atoms with Gasteiger partial charge in [0.1, 0.15) is 0 Å². The van der Waals surface area contributed by atoms with Crippen molar-refractivity contribution in [3.8, 4) is 0 Å². The summed E-state index contributed by atoms with van der Waals surface area (Å²) in [5.41, 5.74) is 7.64. The van der Waals surface area contributed by atoms with Crippen LogP contribution < -0.4 is 16.0 Å². The molecule has 0 radical (unpaired) electrons. The number of hydrogen-bond donors (Lipinski definition) is 2. The van der Waals surface area contributed by atoms with Crippen LogP contribution in [0.1, 0.15) is 18.4 Å². The van der Waals surface area contributed by atoms with Crippen molar-refractivity contribution in [3.63, 3.8) is 0 Å². The van der Waals surface area contributed by atoms with E-state index in [9.17, 15) is 4.79 Å². The van der Waals surface area contributed by atoms with Gasteiger partial charge in [-0.2, -0.15) is 0 Å². The van der Waals surface area contributed by atoms with Crippen LogP contribution in [0.5, 0.6) is 0 Å². The monoisotopic (exact) mass is 276 g/mol. The number of rotatable bonds is 6. The summed E-state index contributed by atoms with van der Waals surface area (Å²) in [7, 11) is 3.93. The van der Waals surface area contributed by atoms with E-state index in [0.29, 0.717) is 6.04 Å². The van der Waals surface area contributed by atoms with Gasteiger partial charge in [0.05, 0.1) is 0 Å². The van der Waals surface area contributed by atoms with Crippen LogP contribution in [0.25, 0.3) is 0 Å². The van der Waals surface area contributed by atoms with Gasteiger partial charge < -0.3 is 20.8 Å². The average molecular weight is 276 g/mol. The van der Waals surface area contributed by atoms with Gasteiger partial charge in [-0.25, -0.2) is 0 Å². The van der Waals surface area contributed by atoms with Crippen molar-refractivity contribution >= 4 is 17.4 Å². The molecule has 0 aromatic heterocycles. The molecule has 6 heteroatoms. The molecule has 1 fully saturated rings. The fraction of sp³-hybridized carbons (Fsp3) is 0.429. The van der Waals surface area contributed by atoms with Gasteiger partial charge in [0.25, 0.3) is 5.91 Å². The van der Waals surface area contributed by atoms with E-state index in [1.807, 2.05) is 43.3 Å². The maximum atomic E-state index is 11.4. The van der Waals surface area contributed by atoms with Crippen molar-refractivity contribution in [1.82, 2.24) is 5.32 Å². The van der Waals surface area contributed by atoms with Gasteiger partial charge >= 0.3 is 0 Å². The van der Waals surface area contributed by atoms with Gasteiger partial charge in [-0.05, 0) is 37.1 Å². The van der Waals surface area contributed by atoms with Gasteiger partial charge in [-0.1, -0.05) is 5.16 Å². The number of oxime groups is 1. The highest BCUT2D eigenvalue weighted by Crippen LogP contribution is 2.18. The van der Waals surface area contributed by atoms with E-state index < -0.39 is 0 Å². The Kier molecular flexibility index (Phi) is 4.45. The lowest BCUT2D eigenvalue weighted by molar-refractivity contribution is -0.125. The Bertz CT molecular complexity index is 492. The van der Waals surface area contributed by atoms with Crippen molar-refractivity contribution in [3.05, 3.63) is 29.8 Å². The summed E-state index contributed by atoms with van der Waals surface area (Å²) in [6, 6.07) is 7.93. The van der Waals surface area contributed by atoms with Crippen molar-refractivity contribution in [2.75, 3.05) is 25.6 Å². The second-order valence-corrected chi connectivity index (χ2v) is 5.03. The van der Waals surface area contributed by atoms with Gasteiger partial charge in [-0.15, -0.1) is 0 Å². The average Bonchev–Trinajstić information content (AvgIpc) is 3.22. The number of nitrogens with two attached hydrogens (primary N) is 1. The molecule has 1 aromatic carbocycles. The van der Waals surface area contributed by atoms with E-state index in [4.69, 9.17) is 10.6 Å². The molecule has 2 rings (SSSR count). The summed E-state index contributed by atoms with van der Waals surface area (Å²) in [4.78, 5) is 18.3. The lowest BCUT2D eigenvalue weighted by Gasteiger charge is -2.12. The molecule has 0 heterocycles. The molecule has 0 spiro atoms. The van der Waals surface area contributed by atoms with Gasteiger partial charge in [0.15, 0.2) is 12.4 Å². The van der Waals surface area contributed by atoms with Crippen molar-refractivity contribution in [2.24, 2.45) is 10.9 Å². The first kappa shape index (κ1) is 14.2. The molecular formula is C14H20N4O2. The molecule has 1 aliphatic rings. The maximum absolute atomic E-state index is 11.4. The van der Waals surface area contributed by atoms with Crippen LogP contribution in [-0.4, -0.2) is 38.5 Å². The minimum atomic E-state index is -0.160. The third-order valence-electron chi connectivity index (χ3n) is 2.98. The van der Waals surface area contributed by atoms with Gasteiger partial charge in [-0.3, -0.25) is 4.79 Å². The Balaban J connectivity index is 1.84. The van der Waals surface area contributed by atoms with Crippen LogP contribution in [0.2, 0.25) is 0 Å². The van der Waals surface area contributed by atoms with E-state index in [2.05, 4.69) is 10.5 Å². The second kappa shape index (κ2) is 6.27. The maximum Gasteiger partial charge on any atom is 0.260 e. The van der Waals surface area contributed by atoms with E-state index in [0.717, 1.165) is 24.1 Å². The van der Waals surface area contributed by atoms with Crippen LogP contribution in [0.15, 0.2) is 29.4 Å². The van der Waals surface area contributed by atoms with Crippen molar-refractivity contribution in [2.45, 2.75) is 18.9 Å². The molecule has 1 aromatic rings. The first-order chi connectivity index (χ1) is 9.56. The molecule has 0 saturated heterocycles. The van der Waals surface area contributed by atoms with Crippen LogP contribution in [-0.2, 0) is 9.63 Å². The summed E-state index contributed by atoms with van der Waals surface area (Å²) in [5.74, 6) is 0.0986. The minimum absolute atomic E-state index is 0.104.